The van der Waals surface area contributed by atoms with E-state index in [9.17, 15) is 0 Å². The van der Waals surface area contributed by atoms with Crippen molar-refractivity contribution in [3.8, 4) is 28.6 Å². The minimum absolute atomic E-state index is 0.495. The Bertz CT molecular complexity index is 1330. The molecule has 0 saturated carbocycles. The van der Waals surface area contributed by atoms with E-state index < -0.39 is 0 Å². The summed E-state index contributed by atoms with van der Waals surface area (Å²) in [7, 11) is 4.80. The van der Waals surface area contributed by atoms with Crippen LogP contribution in [0.3, 0.4) is 0 Å². The van der Waals surface area contributed by atoms with Crippen LogP contribution in [-0.4, -0.2) is 62.5 Å². The van der Waals surface area contributed by atoms with Crippen LogP contribution in [0, 0.1) is 0 Å². The molecule has 2 aromatic heterocycles. The third-order valence-electron chi connectivity index (χ3n) is 6.13. The fraction of sp³-hybridized carbons (Fsp3) is 0.269. The van der Waals surface area contributed by atoms with Gasteiger partial charge in [0.1, 0.15) is 17.2 Å². The molecule has 4 aromatic rings. The number of benzene rings is 2. The van der Waals surface area contributed by atoms with Gasteiger partial charge in [-0.25, -0.2) is 15.0 Å². The molecule has 0 amide bonds. The minimum Gasteiger partial charge on any atom is -0.493 e. The topological polar surface area (TPSA) is 72.8 Å². The van der Waals surface area contributed by atoms with Crippen LogP contribution in [-0.2, 0) is 0 Å². The molecule has 1 aliphatic rings. The molecule has 35 heavy (non-hydrogen) atoms. The first-order valence-corrected chi connectivity index (χ1v) is 11.7. The van der Waals surface area contributed by atoms with Crippen molar-refractivity contribution in [3.05, 3.63) is 59.8 Å². The maximum Gasteiger partial charge on any atom is 0.205 e. The highest BCUT2D eigenvalue weighted by Gasteiger charge is 2.26. The molecule has 1 saturated heterocycles. The van der Waals surface area contributed by atoms with Gasteiger partial charge in [0.15, 0.2) is 17.3 Å². The summed E-state index contributed by atoms with van der Waals surface area (Å²) in [5, 5.41) is 1.49. The van der Waals surface area contributed by atoms with Crippen LogP contribution in [0.4, 0.5) is 11.6 Å². The molecule has 0 radical (unpaired) electrons. The normalized spacial score (nSPS) is 13.7. The predicted octanol–water partition coefficient (Wildman–Crippen LogP) is 4.70. The van der Waals surface area contributed by atoms with E-state index >= 15 is 0 Å². The summed E-state index contributed by atoms with van der Waals surface area (Å²) in [6.07, 6.45) is 1.82. The second-order valence-electron chi connectivity index (χ2n) is 8.08. The van der Waals surface area contributed by atoms with Crippen molar-refractivity contribution in [1.29, 1.82) is 0 Å². The third kappa shape index (κ3) is 4.37. The van der Waals surface area contributed by atoms with Gasteiger partial charge in [-0.2, -0.15) is 0 Å². The van der Waals surface area contributed by atoms with Crippen molar-refractivity contribution in [2.75, 3.05) is 57.3 Å². The molecule has 180 valence electrons. The van der Waals surface area contributed by atoms with E-state index in [-0.39, 0.29) is 0 Å². The van der Waals surface area contributed by atoms with Gasteiger partial charge >= 0.3 is 0 Å². The molecular weight excluding hydrogens is 466 g/mol. The van der Waals surface area contributed by atoms with Crippen LogP contribution in [0.1, 0.15) is 0 Å². The van der Waals surface area contributed by atoms with E-state index in [1.807, 2.05) is 54.7 Å². The molecule has 2 aromatic carbocycles. The van der Waals surface area contributed by atoms with Gasteiger partial charge in [-0.1, -0.05) is 17.7 Å². The molecule has 0 bridgehead atoms. The molecule has 8 nitrogen and oxygen atoms in total. The summed E-state index contributed by atoms with van der Waals surface area (Å²) in [5.74, 6) is 3.95. The van der Waals surface area contributed by atoms with Crippen molar-refractivity contribution in [3.63, 3.8) is 0 Å². The first kappa shape index (κ1) is 23.0. The number of fused-ring (bicyclic) bond motifs is 1. The molecule has 9 heteroatoms. The number of piperazine rings is 1. The molecule has 3 heterocycles. The molecule has 0 spiro atoms. The smallest absolute Gasteiger partial charge is 0.205 e. The van der Waals surface area contributed by atoms with Gasteiger partial charge in [0, 0.05) is 43.0 Å². The SMILES string of the molecule is COc1cc2c(N3CCN(c4ccccn4)CC3)nc(-c3ccc(Cl)cc3)nc2c(OC)c1OC. The van der Waals surface area contributed by atoms with Gasteiger partial charge in [-0.15, -0.1) is 0 Å². The Morgan fingerprint density at radius 2 is 1.51 bits per heavy atom. The lowest BCUT2D eigenvalue weighted by Crippen LogP contribution is -2.47. The fourth-order valence-electron chi connectivity index (χ4n) is 4.37. The van der Waals surface area contributed by atoms with Gasteiger partial charge in [0.25, 0.3) is 0 Å². The molecule has 1 fully saturated rings. The van der Waals surface area contributed by atoms with Crippen molar-refractivity contribution in [2.24, 2.45) is 0 Å². The Kier molecular flexibility index (Phi) is 6.46. The predicted molar refractivity (Wildman–Crippen MR) is 138 cm³/mol. The van der Waals surface area contributed by atoms with Crippen LogP contribution in [0.15, 0.2) is 54.7 Å². The van der Waals surface area contributed by atoms with E-state index in [0.29, 0.717) is 33.6 Å². The number of hydrogen-bond acceptors (Lipinski definition) is 8. The Balaban J connectivity index is 1.63. The first-order chi connectivity index (χ1) is 17.1. The van der Waals surface area contributed by atoms with Gasteiger partial charge in [-0.05, 0) is 42.5 Å². The van der Waals surface area contributed by atoms with Crippen LogP contribution in [0.2, 0.25) is 5.02 Å². The first-order valence-electron chi connectivity index (χ1n) is 11.3. The largest absolute Gasteiger partial charge is 0.493 e. The molecule has 0 unspecified atom stereocenters. The monoisotopic (exact) mass is 491 g/mol. The third-order valence-corrected chi connectivity index (χ3v) is 6.38. The summed E-state index contributed by atoms with van der Waals surface area (Å²) in [5.41, 5.74) is 1.52. The maximum atomic E-state index is 6.12. The lowest BCUT2D eigenvalue weighted by Gasteiger charge is -2.36. The average Bonchev–Trinajstić information content (AvgIpc) is 2.92. The highest BCUT2D eigenvalue weighted by molar-refractivity contribution is 6.30. The number of methoxy groups -OCH3 is 3. The van der Waals surface area contributed by atoms with Gasteiger partial charge in [0.05, 0.1) is 26.7 Å². The minimum atomic E-state index is 0.495. The number of pyridine rings is 1. The zero-order valence-electron chi connectivity index (χ0n) is 19.9. The van der Waals surface area contributed by atoms with Crippen molar-refractivity contribution >= 4 is 34.1 Å². The number of nitrogens with zero attached hydrogens (tertiary/aromatic N) is 5. The second kappa shape index (κ2) is 9.84. The average molecular weight is 492 g/mol. The number of hydrogen-bond donors (Lipinski definition) is 0. The van der Waals surface area contributed by atoms with Crippen molar-refractivity contribution < 1.29 is 14.2 Å². The summed E-state index contributed by atoms with van der Waals surface area (Å²) < 4.78 is 17.0. The standard InChI is InChI=1S/C26H26ClN5O3/c1-33-20-16-19-22(24(35-3)23(20)34-2)29-25(17-7-9-18(27)10-8-17)30-26(19)32-14-12-31(13-15-32)21-6-4-5-11-28-21/h4-11,16H,12-15H2,1-3H3. The molecule has 1 aliphatic heterocycles. The lowest BCUT2D eigenvalue weighted by atomic mass is 10.1. The Morgan fingerprint density at radius 3 is 2.14 bits per heavy atom. The Hall–Kier alpha value is -3.78. The summed E-state index contributed by atoms with van der Waals surface area (Å²) in [6, 6.07) is 15.4. The summed E-state index contributed by atoms with van der Waals surface area (Å²) >= 11 is 6.12. The zero-order valence-corrected chi connectivity index (χ0v) is 20.6. The molecule has 5 rings (SSSR count). The quantitative estimate of drug-likeness (QED) is 0.384. The summed E-state index contributed by atoms with van der Waals surface area (Å²) in [6.45, 7) is 3.20. The highest BCUT2D eigenvalue weighted by atomic mass is 35.5. The molecular formula is C26H26ClN5O3. The Morgan fingerprint density at radius 1 is 0.800 bits per heavy atom. The van der Waals surface area contributed by atoms with E-state index in [4.69, 9.17) is 35.8 Å². The number of aromatic nitrogens is 3. The van der Waals surface area contributed by atoms with Gasteiger partial charge < -0.3 is 24.0 Å². The second-order valence-corrected chi connectivity index (χ2v) is 8.52. The summed E-state index contributed by atoms with van der Waals surface area (Å²) in [4.78, 5) is 19.0. The maximum absolute atomic E-state index is 6.12. The van der Waals surface area contributed by atoms with Crippen LogP contribution >= 0.6 is 11.6 Å². The van der Waals surface area contributed by atoms with Gasteiger partial charge in [-0.3, -0.25) is 0 Å². The Labute approximate surface area is 209 Å². The van der Waals surface area contributed by atoms with Crippen LogP contribution in [0.25, 0.3) is 22.3 Å². The van der Waals surface area contributed by atoms with Crippen LogP contribution < -0.4 is 24.0 Å². The van der Waals surface area contributed by atoms with E-state index in [1.54, 1.807) is 21.3 Å². The van der Waals surface area contributed by atoms with E-state index in [0.717, 1.165) is 48.8 Å². The highest BCUT2D eigenvalue weighted by Crippen LogP contribution is 2.45. The number of anilines is 2. The zero-order chi connectivity index (χ0) is 24.4. The van der Waals surface area contributed by atoms with Crippen LogP contribution in [0.5, 0.6) is 17.2 Å². The molecule has 0 aliphatic carbocycles. The molecule has 0 atom stereocenters. The lowest BCUT2D eigenvalue weighted by molar-refractivity contribution is 0.327. The molecule has 0 N–H and O–H groups in total. The van der Waals surface area contributed by atoms with Gasteiger partial charge in [0.2, 0.25) is 5.75 Å². The number of ether oxygens (including phenoxy) is 3. The van der Waals surface area contributed by atoms with E-state index in [2.05, 4.69) is 14.8 Å². The number of halogens is 1. The van der Waals surface area contributed by atoms with Crippen molar-refractivity contribution in [1.82, 2.24) is 15.0 Å². The van der Waals surface area contributed by atoms with E-state index in [1.165, 1.54) is 0 Å². The van der Waals surface area contributed by atoms with Crippen molar-refractivity contribution in [2.45, 2.75) is 0 Å². The fourth-order valence-corrected chi connectivity index (χ4v) is 4.50. The number of rotatable bonds is 6.